The van der Waals surface area contributed by atoms with E-state index < -0.39 is 17.7 Å². The lowest BCUT2D eigenvalue weighted by molar-refractivity contribution is -0.139. The van der Waals surface area contributed by atoms with Gasteiger partial charge in [-0.25, -0.2) is 0 Å². The molecule has 0 bridgehead atoms. The van der Waals surface area contributed by atoms with Crippen LogP contribution in [0.3, 0.4) is 0 Å². The van der Waals surface area contributed by atoms with Crippen molar-refractivity contribution >= 4 is 40.4 Å². The van der Waals surface area contributed by atoms with Crippen LogP contribution in [0.5, 0.6) is 5.75 Å². The van der Waals surface area contributed by atoms with Gasteiger partial charge in [0.25, 0.3) is 11.7 Å². The lowest BCUT2D eigenvalue weighted by atomic mass is 9.98. The highest BCUT2D eigenvalue weighted by Gasteiger charge is 2.47. The molecule has 1 unspecified atom stereocenters. The van der Waals surface area contributed by atoms with Crippen molar-refractivity contribution in [3.05, 3.63) is 92.1 Å². The van der Waals surface area contributed by atoms with Crippen molar-refractivity contribution in [1.29, 1.82) is 0 Å². The maximum Gasteiger partial charge on any atom is 0.295 e. The Kier molecular flexibility index (Phi) is 6.35. The van der Waals surface area contributed by atoms with E-state index in [1.54, 1.807) is 41.3 Å². The van der Waals surface area contributed by atoms with Gasteiger partial charge in [0.05, 0.1) is 24.3 Å². The fourth-order valence-corrected chi connectivity index (χ4v) is 5.11. The van der Waals surface area contributed by atoms with Crippen LogP contribution >= 0.6 is 22.9 Å². The molecule has 0 aliphatic carbocycles. The molecule has 32 heavy (non-hydrogen) atoms. The summed E-state index contributed by atoms with van der Waals surface area (Å²) < 4.78 is 5.37. The van der Waals surface area contributed by atoms with Crippen molar-refractivity contribution in [3.63, 3.8) is 0 Å². The molecule has 7 heteroatoms. The van der Waals surface area contributed by atoms with E-state index in [0.29, 0.717) is 29.3 Å². The van der Waals surface area contributed by atoms with E-state index in [9.17, 15) is 14.7 Å². The number of nitrogens with zero attached hydrogens (tertiary/aromatic N) is 1. The normalized spacial score (nSPS) is 17.7. The summed E-state index contributed by atoms with van der Waals surface area (Å²) in [7, 11) is 1.50. The third-order valence-corrected chi connectivity index (χ3v) is 6.93. The Hall–Kier alpha value is -3.09. The molecule has 5 nitrogen and oxygen atoms in total. The standard InChI is InChI=1S/C25H22ClNO4S/c1-15-12-14-32-24(15)21-20(22(28)18-5-3-4-6-19(18)31-2)23(29)25(30)27(21)13-11-16-7-9-17(26)10-8-16/h3-10,12,14,21,28H,11,13H2,1-2H3/b22-20+. The molecule has 164 valence electrons. The second kappa shape index (κ2) is 9.18. The Labute approximate surface area is 195 Å². The highest BCUT2D eigenvalue weighted by Crippen LogP contribution is 2.43. The van der Waals surface area contributed by atoms with Gasteiger partial charge in [0.15, 0.2) is 0 Å². The van der Waals surface area contributed by atoms with Crippen molar-refractivity contribution in [2.75, 3.05) is 13.7 Å². The van der Waals surface area contributed by atoms with Crippen molar-refractivity contribution in [3.8, 4) is 5.75 Å². The Balaban J connectivity index is 1.79. The summed E-state index contributed by atoms with van der Waals surface area (Å²) in [4.78, 5) is 28.6. The van der Waals surface area contributed by atoms with E-state index in [1.807, 2.05) is 30.5 Å². The topological polar surface area (TPSA) is 66.8 Å². The highest BCUT2D eigenvalue weighted by molar-refractivity contribution is 7.10. The highest BCUT2D eigenvalue weighted by atomic mass is 35.5. The average Bonchev–Trinajstić information content (AvgIpc) is 3.33. The molecule has 2 heterocycles. The number of likely N-dealkylation sites (tertiary alicyclic amines) is 1. The second-order valence-corrected chi connectivity index (χ2v) is 8.92. The third-order valence-electron chi connectivity index (χ3n) is 5.61. The molecule has 1 aliphatic rings. The zero-order valence-corrected chi connectivity index (χ0v) is 19.2. The largest absolute Gasteiger partial charge is 0.507 e. The molecule has 2 aromatic carbocycles. The maximum absolute atomic E-state index is 13.1. The smallest absolute Gasteiger partial charge is 0.295 e. The van der Waals surface area contributed by atoms with Gasteiger partial charge in [-0.2, -0.15) is 0 Å². The summed E-state index contributed by atoms with van der Waals surface area (Å²) in [6.07, 6.45) is 0.555. The van der Waals surface area contributed by atoms with E-state index in [2.05, 4.69) is 0 Å². The molecule has 1 aromatic heterocycles. The molecule has 1 N–H and O–H groups in total. The predicted octanol–water partition coefficient (Wildman–Crippen LogP) is 5.38. The number of ketones is 1. The number of thiophene rings is 1. The fraction of sp³-hybridized carbons (Fsp3) is 0.200. The zero-order chi connectivity index (χ0) is 22.8. The van der Waals surface area contributed by atoms with Crippen molar-refractivity contribution < 1.29 is 19.4 Å². The number of hydrogen-bond acceptors (Lipinski definition) is 5. The van der Waals surface area contributed by atoms with Gasteiger partial charge in [-0.3, -0.25) is 9.59 Å². The van der Waals surface area contributed by atoms with Crippen LogP contribution in [0.25, 0.3) is 5.76 Å². The fourth-order valence-electron chi connectivity index (χ4n) is 3.93. The van der Waals surface area contributed by atoms with E-state index in [4.69, 9.17) is 16.3 Å². The summed E-state index contributed by atoms with van der Waals surface area (Å²) in [6.45, 7) is 2.27. The Morgan fingerprint density at radius 2 is 1.84 bits per heavy atom. The minimum Gasteiger partial charge on any atom is -0.507 e. The number of benzene rings is 2. The number of aliphatic hydroxyl groups is 1. The summed E-state index contributed by atoms with van der Waals surface area (Å²) >= 11 is 7.44. The number of methoxy groups -OCH3 is 1. The number of hydrogen-bond donors (Lipinski definition) is 1. The molecule has 0 spiro atoms. The van der Waals surface area contributed by atoms with E-state index in [-0.39, 0.29) is 11.3 Å². The third kappa shape index (κ3) is 4.04. The SMILES string of the molecule is COc1ccccc1/C(O)=C1\C(=O)C(=O)N(CCc2ccc(Cl)cc2)C1c1sccc1C. The quantitative estimate of drug-likeness (QED) is 0.300. The lowest BCUT2D eigenvalue weighted by Gasteiger charge is -2.25. The zero-order valence-electron chi connectivity index (χ0n) is 17.7. The molecular formula is C25H22ClNO4S. The first kappa shape index (κ1) is 22.1. The van der Waals surface area contributed by atoms with Gasteiger partial charge in [-0.05, 0) is 60.2 Å². The molecular weight excluding hydrogens is 446 g/mol. The van der Waals surface area contributed by atoms with Crippen LogP contribution in [0.15, 0.2) is 65.6 Å². The summed E-state index contributed by atoms with van der Waals surface area (Å²) in [5.74, 6) is -1.11. The summed E-state index contributed by atoms with van der Waals surface area (Å²) in [5, 5.41) is 13.8. The van der Waals surface area contributed by atoms with Crippen LogP contribution in [-0.4, -0.2) is 35.4 Å². The predicted molar refractivity (Wildman–Crippen MR) is 126 cm³/mol. The number of halogens is 1. The Morgan fingerprint density at radius 1 is 1.12 bits per heavy atom. The summed E-state index contributed by atoms with van der Waals surface area (Å²) in [5.41, 5.74) is 2.43. The first-order valence-corrected chi connectivity index (χ1v) is 11.4. The average molecular weight is 468 g/mol. The number of amides is 1. The number of ether oxygens (including phenoxy) is 1. The Morgan fingerprint density at radius 3 is 2.50 bits per heavy atom. The molecule has 1 atom stereocenters. The molecule has 0 radical (unpaired) electrons. The number of para-hydroxylation sites is 1. The summed E-state index contributed by atoms with van der Waals surface area (Å²) in [6, 6.07) is 15.6. The number of carbonyl (C=O) groups is 2. The molecule has 1 aliphatic heterocycles. The minimum absolute atomic E-state index is 0.0844. The minimum atomic E-state index is -0.692. The van der Waals surface area contributed by atoms with Gasteiger partial charge in [0.2, 0.25) is 0 Å². The van der Waals surface area contributed by atoms with E-state index in [0.717, 1.165) is 16.0 Å². The van der Waals surface area contributed by atoms with Crippen molar-refractivity contribution in [1.82, 2.24) is 4.90 Å². The molecule has 3 aromatic rings. The van der Waals surface area contributed by atoms with Gasteiger partial charge in [-0.1, -0.05) is 35.9 Å². The number of aliphatic hydroxyl groups excluding tert-OH is 1. The van der Waals surface area contributed by atoms with Gasteiger partial charge in [-0.15, -0.1) is 11.3 Å². The lowest BCUT2D eigenvalue weighted by Crippen LogP contribution is -2.31. The number of rotatable bonds is 6. The van der Waals surface area contributed by atoms with Crippen LogP contribution in [-0.2, 0) is 16.0 Å². The maximum atomic E-state index is 13.1. The first-order valence-electron chi connectivity index (χ1n) is 10.1. The molecule has 1 saturated heterocycles. The van der Waals surface area contributed by atoms with E-state index in [1.165, 1.54) is 18.4 Å². The van der Waals surface area contributed by atoms with Crippen molar-refractivity contribution in [2.24, 2.45) is 0 Å². The van der Waals surface area contributed by atoms with Gasteiger partial charge in [0, 0.05) is 16.4 Å². The van der Waals surface area contributed by atoms with Crippen molar-refractivity contribution in [2.45, 2.75) is 19.4 Å². The van der Waals surface area contributed by atoms with Gasteiger partial charge in [0.1, 0.15) is 11.5 Å². The van der Waals surface area contributed by atoms with Crippen LogP contribution in [0.1, 0.15) is 27.6 Å². The molecule has 1 amide bonds. The van der Waals surface area contributed by atoms with Crippen LogP contribution in [0.4, 0.5) is 0 Å². The molecule has 4 rings (SSSR count). The number of carbonyl (C=O) groups excluding carboxylic acids is 2. The van der Waals surface area contributed by atoms with Crippen LogP contribution in [0.2, 0.25) is 5.02 Å². The Bertz CT molecular complexity index is 1200. The number of Topliss-reactive ketones (excluding diaryl/α,β-unsaturated/α-hetero) is 1. The second-order valence-electron chi connectivity index (χ2n) is 7.54. The molecule has 0 saturated carbocycles. The van der Waals surface area contributed by atoms with Gasteiger partial charge < -0.3 is 14.7 Å². The molecule has 1 fully saturated rings. The monoisotopic (exact) mass is 467 g/mol. The van der Waals surface area contributed by atoms with E-state index >= 15 is 0 Å². The number of aryl methyl sites for hydroxylation is 1. The van der Waals surface area contributed by atoms with Gasteiger partial charge >= 0.3 is 0 Å². The first-order chi connectivity index (χ1) is 15.4. The van der Waals surface area contributed by atoms with Crippen LogP contribution < -0.4 is 4.74 Å². The van der Waals surface area contributed by atoms with Crippen LogP contribution in [0, 0.1) is 6.92 Å².